The Labute approximate surface area is 85.5 Å². The van der Waals surface area contributed by atoms with Crippen LogP contribution in [0.2, 0.25) is 0 Å². The van der Waals surface area contributed by atoms with Gasteiger partial charge in [-0.3, -0.25) is 4.79 Å². The molecule has 0 saturated carbocycles. The largest absolute Gasteiger partial charge is 0.343 e. The first-order valence-electron chi connectivity index (χ1n) is 5.01. The lowest BCUT2D eigenvalue weighted by Gasteiger charge is -2.18. The molecule has 1 amide bonds. The minimum Gasteiger partial charge on any atom is -0.343 e. The molecule has 0 atom stereocenters. The van der Waals surface area contributed by atoms with Crippen LogP contribution in [0.25, 0.3) is 0 Å². The van der Waals surface area contributed by atoms with E-state index < -0.39 is 0 Å². The van der Waals surface area contributed by atoms with Crippen molar-refractivity contribution in [2.75, 3.05) is 13.1 Å². The number of rotatable bonds is 4. The number of benzene rings is 1. The van der Waals surface area contributed by atoms with E-state index in [9.17, 15) is 4.79 Å². The van der Waals surface area contributed by atoms with Crippen LogP contribution in [0.15, 0.2) is 24.3 Å². The van der Waals surface area contributed by atoms with Gasteiger partial charge < -0.3 is 4.90 Å². The maximum atomic E-state index is 11.7. The number of amides is 1. The van der Waals surface area contributed by atoms with Crippen molar-refractivity contribution in [2.45, 2.75) is 20.3 Å². The van der Waals surface area contributed by atoms with Gasteiger partial charge in [0.2, 0.25) is 5.91 Å². The standard InChI is InChI=1S/C12H16NO/c1-3-13(4-2)12(14)10-11-8-6-5-7-9-11/h5-8H,3-4,10H2,1-2H3. The third kappa shape index (κ3) is 2.87. The maximum Gasteiger partial charge on any atom is 0.226 e. The molecule has 75 valence electrons. The first kappa shape index (κ1) is 10.8. The number of hydrogen-bond acceptors (Lipinski definition) is 1. The second-order valence-electron chi connectivity index (χ2n) is 3.13. The van der Waals surface area contributed by atoms with Crippen molar-refractivity contribution in [3.8, 4) is 0 Å². The van der Waals surface area contributed by atoms with E-state index in [-0.39, 0.29) is 5.91 Å². The minimum atomic E-state index is 0.178. The summed E-state index contributed by atoms with van der Waals surface area (Å²) in [5, 5.41) is 0. The average Bonchev–Trinajstić information content (AvgIpc) is 2.21. The first-order valence-corrected chi connectivity index (χ1v) is 5.01. The highest BCUT2D eigenvalue weighted by atomic mass is 16.2. The summed E-state index contributed by atoms with van der Waals surface area (Å²) in [6.45, 7) is 5.55. The van der Waals surface area contributed by atoms with Crippen LogP contribution in [0, 0.1) is 6.07 Å². The molecule has 14 heavy (non-hydrogen) atoms. The van der Waals surface area contributed by atoms with Crippen LogP contribution in [0.1, 0.15) is 19.4 Å². The summed E-state index contributed by atoms with van der Waals surface area (Å²) in [5.74, 6) is 0.178. The molecule has 0 aromatic heterocycles. The summed E-state index contributed by atoms with van der Waals surface area (Å²) in [5.41, 5.74) is 0.962. The van der Waals surface area contributed by atoms with Gasteiger partial charge in [0.05, 0.1) is 6.42 Å². The van der Waals surface area contributed by atoms with Crippen LogP contribution >= 0.6 is 0 Å². The third-order valence-corrected chi connectivity index (χ3v) is 2.23. The zero-order chi connectivity index (χ0) is 10.4. The molecule has 0 unspecified atom stereocenters. The van der Waals surface area contributed by atoms with Gasteiger partial charge >= 0.3 is 0 Å². The Hall–Kier alpha value is -1.31. The van der Waals surface area contributed by atoms with Gasteiger partial charge in [0.1, 0.15) is 0 Å². The number of hydrogen-bond donors (Lipinski definition) is 0. The van der Waals surface area contributed by atoms with E-state index in [0.29, 0.717) is 6.42 Å². The van der Waals surface area contributed by atoms with Crippen LogP contribution in [-0.2, 0) is 11.2 Å². The second-order valence-corrected chi connectivity index (χ2v) is 3.13. The molecule has 0 aliphatic heterocycles. The summed E-state index contributed by atoms with van der Waals surface area (Å²) in [6, 6.07) is 10.7. The number of carbonyl (C=O) groups is 1. The Kier molecular flexibility index (Phi) is 4.17. The minimum absolute atomic E-state index is 0.178. The highest BCUT2D eigenvalue weighted by molar-refractivity contribution is 5.78. The zero-order valence-electron chi connectivity index (χ0n) is 8.79. The van der Waals surface area contributed by atoms with Crippen molar-refractivity contribution in [3.05, 3.63) is 35.9 Å². The lowest BCUT2D eigenvalue weighted by atomic mass is 10.1. The van der Waals surface area contributed by atoms with E-state index in [1.165, 1.54) is 0 Å². The van der Waals surface area contributed by atoms with Gasteiger partial charge in [-0.15, -0.1) is 0 Å². The van der Waals surface area contributed by atoms with Gasteiger partial charge in [0.25, 0.3) is 0 Å². The Balaban J connectivity index is 2.57. The lowest BCUT2D eigenvalue weighted by molar-refractivity contribution is -0.130. The number of nitrogens with zero attached hydrogens (tertiary/aromatic N) is 1. The maximum absolute atomic E-state index is 11.7. The highest BCUT2D eigenvalue weighted by Gasteiger charge is 2.09. The summed E-state index contributed by atoms with van der Waals surface area (Å²) < 4.78 is 0. The molecule has 1 radical (unpaired) electrons. The molecule has 0 saturated heterocycles. The topological polar surface area (TPSA) is 20.3 Å². The molecule has 0 aliphatic rings. The van der Waals surface area contributed by atoms with Gasteiger partial charge in [-0.2, -0.15) is 0 Å². The summed E-state index contributed by atoms with van der Waals surface area (Å²) >= 11 is 0. The molecule has 0 aliphatic carbocycles. The molecule has 0 bridgehead atoms. The van der Waals surface area contributed by atoms with Gasteiger partial charge in [0.15, 0.2) is 0 Å². The Morgan fingerprint density at radius 3 is 2.57 bits per heavy atom. The molecular weight excluding hydrogens is 174 g/mol. The molecule has 1 aromatic rings. The molecule has 1 aromatic carbocycles. The monoisotopic (exact) mass is 190 g/mol. The van der Waals surface area contributed by atoms with Gasteiger partial charge in [-0.25, -0.2) is 0 Å². The van der Waals surface area contributed by atoms with Gasteiger partial charge in [0, 0.05) is 13.1 Å². The van der Waals surface area contributed by atoms with E-state index in [1.54, 1.807) is 0 Å². The van der Waals surface area contributed by atoms with Crippen molar-refractivity contribution in [1.29, 1.82) is 0 Å². The van der Waals surface area contributed by atoms with Crippen LogP contribution < -0.4 is 0 Å². The third-order valence-electron chi connectivity index (χ3n) is 2.23. The van der Waals surface area contributed by atoms with Crippen molar-refractivity contribution in [2.24, 2.45) is 0 Å². The van der Waals surface area contributed by atoms with E-state index in [2.05, 4.69) is 6.07 Å². The van der Waals surface area contributed by atoms with E-state index in [0.717, 1.165) is 18.7 Å². The summed E-state index contributed by atoms with van der Waals surface area (Å²) in [7, 11) is 0. The van der Waals surface area contributed by atoms with Crippen molar-refractivity contribution in [1.82, 2.24) is 4.90 Å². The normalized spacial score (nSPS) is 9.86. The molecule has 0 N–H and O–H groups in total. The lowest BCUT2D eigenvalue weighted by Crippen LogP contribution is -2.31. The van der Waals surface area contributed by atoms with Crippen LogP contribution in [0.3, 0.4) is 0 Å². The fourth-order valence-corrected chi connectivity index (χ4v) is 1.39. The predicted octanol–water partition coefficient (Wildman–Crippen LogP) is 1.90. The average molecular weight is 190 g/mol. The molecule has 1 rings (SSSR count). The second kappa shape index (κ2) is 5.43. The fourth-order valence-electron chi connectivity index (χ4n) is 1.39. The Morgan fingerprint density at radius 1 is 1.36 bits per heavy atom. The highest BCUT2D eigenvalue weighted by Crippen LogP contribution is 2.01. The smallest absolute Gasteiger partial charge is 0.226 e. The van der Waals surface area contributed by atoms with Crippen molar-refractivity contribution >= 4 is 5.91 Å². The SMILES string of the molecule is CCN(CC)C(=O)Cc1[c]cccc1. The first-order chi connectivity index (χ1) is 6.77. The summed E-state index contributed by atoms with van der Waals surface area (Å²) in [4.78, 5) is 13.5. The zero-order valence-corrected chi connectivity index (χ0v) is 8.79. The van der Waals surface area contributed by atoms with Crippen LogP contribution in [-0.4, -0.2) is 23.9 Å². The van der Waals surface area contributed by atoms with E-state index in [4.69, 9.17) is 0 Å². The number of carbonyl (C=O) groups excluding carboxylic acids is 1. The fraction of sp³-hybridized carbons (Fsp3) is 0.417. The molecule has 0 heterocycles. The Bertz CT molecular complexity index is 278. The van der Waals surface area contributed by atoms with Crippen molar-refractivity contribution in [3.63, 3.8) is 0 Å². The van der Waals surface area contributed by atoms with Crippen LogP contribution in [0.5, 0.6) is 0 Å². The van der Waals surface area contributed by atoms with Gasteiger partial charge in [-0.05, 0) is 25.5 Å². The molecular formula is C12H16NO. The van der Waals surface area contributed by atoms with E-state index in [1.807, 2.05) is 43.0 Å². The van der Waals surface area contributed by atoms with Crippen LogP contribution in [0.4, 0.5) is 0 Å². The molecule has 0 fully saturated rings. The predicted molar refractivity (Wildman–Crippen MR) is 56.9 cm³/mol. The summed E-state index contributed by atoms with van der Waals surface area (Å²) in [6.07, 6.45) is 0.461. The molecule has 2 nitrogen and oxygen atoms in total. The Morgan fingerprint density at radius 2 is 2.07 bits per heavy atom. The van der Waals surface area contributed by atoms with Gasteiger partial charge in [-0.1, -0.05) is 24.3 Å². The van der Waals surface area contributed by atoms with E-state index >= 15 is 0 Å². The van der Waals surface area contributed by atoms with Crippen molar-refractivity contribution < 1.29 is 4.79 Å². The number of likely N-dealkylation sites (N-methyl/N-ethyl adjacent to an activating group) is 1. The molecule has 0 spiro atoms. The molecule has 2 heteroatoms. The quantitative estimate of drug-likeness (QED) is 0.710.